The number of hydrazone groups is 1. The van der Waals surface area contributed by atoms with Crippen LogP contribution in [0.1, 0.15) is 38.5 Å². The SMILES string of the molecule is O=C(N/N=C/C12c3ccccc3C(c3ccccc31)[C@H]1C(=O)N(c3cccc4ccccc34)C(=O)[C@H]12)c1ccc(Br)cc1. The highest BCUT2D eigenvalue weighted by Crippen LogP contribution is 2.63. The molecular weight excluding hydrogens is 602 g/mol. The summed E-state index contributed by atoms with van der Waals surface area (Å²) in [5, 5.41) is 6.31. The molecule has 5 aromatic rings. The Kier molecular flexibility index (Phi) is 5.74. The Morgan fingerprint density at radius 1 is 0.767 bits per heavy atom. The summed E-state index contributed by atoms with van der Waals surface area (Å²) in [4.78, 5) is 43.7. The summed E-state index contributed by atoms with van der Waals surface area (Å²) < 4.78 is 0.866. The summed E-state index contributed by atoms with van der Waals surface area (Å²) in [6, 6.07) is 36.5. The molecule has 2 bridgehead atoms. The van der Waals surface area contributed by atoms with Crippen LogP contribution in [-0.2, 0) is 15.0 Å². The van der Waals surface area contributed by atoms with Crippen molar-refractivity contribution in [1.29, 1.82) is 0 Å². The van der Waals surface area contributed by atoms with Crippen molar-refractivity contribution in [3.63, 3.8) is 0 Å². The van der Waals surface area contributed by atoms with E-state index in [1.165, 1.54) is 4.90 Å². The molecule has 0 aromatic heterocycles. The monoisotopic (exact) mass is 625 g/mol. The number of carbonyl (C=O) groups excluding carboxylic acids is 3. The third kappa shape index (κ3) is 3.58. The lowest BCUT2D eigenvalue weighted by molar-refractivity contribution is -0.122. The van der Waals surface area contributed by atoms with Gasteiger partial charge in [-0.25, -0.2) is 10.3 Å². The van der Waals surface area contributed by atoms with Crippen LogP contribution in [0.15, 0.2) is 125 Å². The zero-order chi connectivity index (χ0) is 29.3. The van der Waals surface area contributed by atoms with E-state index < -0.39 is 17.3 Å². The number of halogens is 1. The molecule has 0 spiro atoms. The van der Waals surface area contributed by atoms with Gasteiger partial charge in [0, 0.05) is 27.6 Å². The van der Waals surface area contributed by atoms with Gasteiger partial charge in [-0.15, -0.1) is 0 Å². The number of anilines is 1. The number of rotatable bonds is 4. The van der Waals surface area contributed by atoms with Gasteiger partial charge in [0.25, 0.3) is 5.91 Å². The van der Waals surface area contributed by atoms with E-state index in [1.54, 1.807) is 30.5 Å². The second-order valence-electron chi connectivity index (χ2n) is 11.2. The summed E-state index contributed by atoms with van der Waals surface area (Å²) in [7, 11) is 0. The number of hydrogen-bond acceptors (Lipinski definition) is 4. The van der Waals surface area contributed by atoms with Crippen LogP contribution in [0.4, 0.5) is 5.69 Å². The Balaban J connectivity index is 1.31. The topological polar surface area (TPSA) is 78.8 Å². The van der Waals surface area contributed by atoms with Crippen molar-refractivity contribution < 1.29 is 14.4 Å². The predicted octanol–water partition coefficient (Wildman–Crippen LogP) is 6.57. The molecule has 3 aliphatic carbocycles. The van der Waals surface area contributed by atoms with Crippen LogP contribution in [0.25, 0.3) is 10.8 Å². The standard InChI is InChI=1S/C36H24BrN3O3/c37-23-18-16-22(17-19-23)33(41)39-38-20-36-27-13-5-3-11-25(27)30(26-12-4-6-14-28(26)36)31-32(36)35(43)40(34(31)42)29-15-7-9-21-8-1-2-10-24(21)29/h1-20,30-32H,(H,39,41)/b38-20+/t30?,31-,32+,36?/m1/s1. The largest absolute Gasteiger partial charge is 0.274 e. The van der Waals surface area contributed by atoms with Crippen molar-refractivity contribution in [3.8, 4) is 0 Å². The van der Waals surface area contributed by atoms with Gasteiger partial charge < -0.3 is 0 Å². The van der Waals surface area contributed by atoms with Crippen LogP contribution < -0.4 is 10.3 Å². The fourth-order valence-corrected chi connectivity index (χ4v) is 7.81. The van der Waals surface area contributed by atoms with Gasteiger partial charge in [0.05, 0.1) is 22.9 Å². The molecule has 1 aliphatic heterocycles. The van der Waals surface area contributed by atoms with Gasteiger partial charge in [0.2, 0.25) is 11.8 Å². The maximum atomic E-state index is 14.7. The minimum absolute atomic E-state index is 0.211. The molecule has 1 N–H and O–H groups in total. The fraction of sp³-hybridized carbons (Fsp3) is 0.111. The molecule has 0 unspecified atom stereocenters. The van der Waals surface area contributed by atoms with E-state index in [9.17, 15) is 14.4 Å². The molecule has 3 amide bonds. The first-order valence-electron chi connectivity index (χ1n) is 14.2. The highest BCUT2D eigenvalue weighted by Gasteiger charge is 2.68. The average Bonchev–Trinajstić information content (AvgIpc) is 3.31. The van der Waals surface area contributed by atoms with Crippen LogP contribution in [0.3, 0.4) is 0 Å². The number of carbonyl (C=O) groups is 3. The van der Waals surface area contributed by atoms with Crippen LogP contribution >= 0.6 is 15.9 Å². The first-order chi connectivity index (χ1) is 21.0. The van der Waals surface area contributed by atoms with Crippen LogP contribution in [0.5, 0.6) is 0 Å². The Labute approximate surface area is 256 Å². The predicted molar refractivity (Wildman–Crippen MR) is 169 cm³/mol. The minimum Gasteiger partial charge on any atom is -0.274 e. The first kappa shape index (κ1) is 25.8. The third-order valence-electron chi connectivity index (χ3n) is 9.23. The second-order valence-corrected chi connectivity index (χ2v) is 12.2. The summed E-state index contributed by atoms with van der Waals surface area (Å²) in [6.45, 7) is 0. The third-order valence-corrected chi connectivity index (χ3v) is 9.76. The highest BCUT2D eigenvalue weighted by molar-refractivity contribution is 9.10. The summed E-state index contributed by atoms with van der Waals surface area (Å²) in [6.07, 6.45) is 1.69. The van der Waals surface area contributed by atoms with Crippen LogP contribution in [0, 0.1) is 11.8 Å². The highest BCUT2D eigenvalue weighted by atomic mass is 79.9. The van der Waals surface area contributed by atoms with Gasteiger partial charge in [0.1, 0.15) is 0 Å². The number of hydrogen-bond donors (Lipinski definition) is 1. The van der Waals surface area contributed by atoms with E-state index >= 15 is 0 Å². The molecule has 1 heterocycles. The van der Waals surface area contributed by atoms with E-state index in [2.05, 4.69) is 26.5 Å². The van der Waals surface area contributed by atoms with Crippen LogP contribution in [-0.4, -0.2) is 23.9 Å². The number of benzene rings is 5. The van der Waals surface area contributed by atoms with Gasteiger partial charge >= 0.3 is 0 Å². The summed E-state index contributed by atoms with van der Waals surface area (Å²) in [5.74, 6) is -2.47. The van der Waals surface area contributed by atoms with E-state index in [-0.39, 0.29) is 23.6 Å². The first-order valence-corrected chi connectivity index (χ1v) is 14.9. The van der Waals surface area contributed by atoms with Crippen molar-refractivity contribution in [2.24, 2.45) is 16.9 Å². The molecule has 6 nitrogen and oxygen atoms in total. The molecule has 0 radical (unpaired) electrons. The molecular formula is C36H24BrN3O3. The van der Waals surface area contributed by atoms with E-state index in [4.69, 9.17) is 0 Å². The molecule has 4 aliphatic rings. The van der Waals surface area contributed by atoms with E-state index in [0.29, 0.717) is 11.3 Å². The van der Waals surface area contributed by atoms with Gasteiger partial charge in [-0.2, -0.15) is 5.10 Å². The number of imide groups is 1. The van der Waals surface area contributed by atoms with Crippen molar-refractivity contribution in [2.75, 3.05) is 4.90 Å². The molecule has 9 rings (SSSR count). The van der Waals surface area contributed by atoms with Crippen molar-refractivity contribution in [1.82, 2.24) is 5.43 Å². The number of nitrogens with one attached hydrogen (secondary N) is 1. The summed E-state index contributed by atoms with van der Waals surface area (Å²) in [5.41, 5.74) is 6.55. The number of nitrogens with zero attached hydrogens (tertiary/aromatic N) is 2. The fourth-order valence-electron chi connectivity index (χ4n) is 7.55. The smallest absolute Gasteiger partial charge is 0.271 e. The zero-order valence-electron chi connectivity index (χ0n) is 22.8. The Bertz CT molecular complexity index is 1970. The molecule has 43 heavy (non-hydrogen) atoms. The summed E-state index contributed by atoms with van der Waals surface area (Å²) >= 11 is 3.40. The van der Waals surface area contributed by atoms with E-state index in [0.717, 1.165) is 37.5 Å². The normalized spacial score (nSPS) is 23.4. The Morgan fingerprint density at radius 2 is 1.40 bits per heavy atom. The van der Waals surface area contributed by atoms with Gasteiger partial charge in [-0.3, -0.25) is 14.4 Å². The number of fused-ring (bicyclic) bond motifs is 1. The maximum Gasteiger partial charge on any atom is 0.271 e. The van der Waals surface area contributed by atoms with Crippen molar-refractivity contribution in [3.05, 3.63) is 148 Å². The molecule has 1 saturated heterocycles. The molecule has 5 aromatic carbocycles. The molecule has 7 heteroatoms. The van der Waals surface area contributed by atoms with Crippen molar-refractivity contribution in [2.45, 2.75) is 11.3 Å². The zero-order valence-corrected chi connectivity index (χ0v) is 24.4. The molecule has 208 valence electrons. The lowest BCUT2D eigenvalue weighted by Gasteiger charge is -2.52. The van der Waals surface area contributed by atoms with E-state index in [1.807, 2.05) is 91.0 Å². The molecule has 0 saturated carbocycles. The quantitative estimate of drug-likeness (QED) is 0.139. The van der Waals surface area contributed by atoms with Gasteiger partial charge in [-0.05, 0) is 58.0 Å². The molecule has 2 atom stereocenters. The number of amides is 3. The van der Waals surface area contributed by atoms with Crippen molar-refractivity contribution >= 4 is 56.3 Å². The second kappa shape index (κ2) is 9.57. The average molecular weight is 627 g/mol. The maximum absolute atomic E-state index is 14.7. The Hall–Kier alpha value is -4.88. The van der Waals surface area contributed by atoms with Gasteiger partial charge in [0.15, 0.2) is 0 Å². The lowest BCUT2D eigenvalue weighted by atomic mass is 9.47. The van der Waals surface area contributed by atoms with Gasteiger partial charge in [-0.1, -0.05) is 101 Å². The minimum atomic E-state index is -1.06. The molecule has 1 fully saturated rings. The van der Waals surface area contributed by atoms with Crippen LogP contribution in [0.2, 0.25) is 0 Å². The Morgan fingerprint density at radius 3 is 2.12 bits per heavy atom. The lowest BCUT2D eigenvalue weighted by Crippen LogP contribution is -2.54.